The van der Waals surface area contributed by atoms with Crippen molar-refractivity contribution >= 4 is 16.8 Å². The third-order valence-corrected chi connectivity index (χ3v) is 5.10. The van der Waals surface area contributed by atoms with Crippen LogP contribution in [-0.2, 0) is 0 Å². The number of benzene rings is 1. The second kappa shape index (κ2) is 10.4. The van der Waals surface area contributed by atoms with E-state index in [0.717, 1.165) is 26.1 Å². The summed E-state index contributed by atoms with van der Waals surface area (Å²) in [6, 6.07) is 3.09. The molecule has 2 aromatic rings. The number of aromatic amines is 1. The molecule has 0 atom stereocenters. The summed E-state index contributed by atoms with van der Waals surface area (Å²) in [7, 11) is 2.95. The van der Waals surface area contributed by atoms with E-state index in [9.17, 15) is 14.7 Å². The fraction of sp³-hybridized carbons (Fsp3) is 0.500. The fourth-order valence-electron chi connectivity index (χ4n) is 3.59. The van der Waals surface area contributed by atoms with E-state index in [0.29, 0.717) is 28.9 Å². The highest BCUT2D eigenvalue weighted by Crippen LogP contribution is 2.35. The lowest BCUT2D eigenvalue weighted by atomic mass is 10.1. The molecule has 3 N–H and O–H groups in total. The Balaban J connectivity index is 0.00000300. The van der Waals surface area contributed by atoms with E-state index in [2.05, 4.69) is 15.2 Å². The Morgan fingerprint density at radius 3 is 2.48 bits per heavy atom. The molecule has 1 fully saturated rings. The molecule has 29 heavy (non-hydrogen) atoms. The highest BCUT2D eigenvalue weighted by molar-refractivity contribution is 6.02. The van der Waals surface area contributed by atoms with Crippen LogP contribution in [0.2, 0.25) is 0 Å². The van der Waals surface area contributed by atoms with Gasteiger partial charge in [-0.2, -0.15) is 0 Å². The van der Waals surface area contributed by atoms with Gasteiger partial charge in [0.05, 0.1) is 19.7 Å². The Bertz CT molecular complexity index is 909. The molecule has 1 aromatic heterocycles. The van der Waals surface area contributed by atoms with Crippen LogP contribution in [0.4, 0.5) is 0 Å². The van der Waals surface area contributed by atoms with Gasteiger partial charge in [-0.25, -0.2) is 0 Å². The van der Waals surface area contributed by atoms with E-state index in [1.54, 1.807) is 6.07 Å². The van der Waals surface area contributed by atoms with Crippen molar-refractivity contribution in [2.45, 2.75) is 25.7 Å². The van der Waals surface area contributed by atoms with Crippen LogP contribution in [0.25, 0.3) is 10.9 Å². The van der Waals surface area contributed by atoms with Crippen molar-refractivity contribution < 1.29 is 31.8 Å². The number of ether oxygens (including phenoxy) is 2. The van der Waals surface area contributed by atoms with Crippen LogP contribution in [0.1, 0.15) is 36.0 Å². The van der Waals surface area contributed by atoms with Crippen molar-refractivity contribution in [3.05, 3.63) is 28.0 Å². The van der Waals surface area contributed by atoms with Gasteiger partial charge in [0.2, 0.25) is 0 Å². The zero-order chi connectivity index (χ0) is 20.1. The molecule has 1 amide bonds. The van der Waals surface area contributed by atoms with Crippen LogP contribution in [0, 0.1) is 0 Å². The van der Waals surface area contributed by atoms with Gasteiger partial charge in [-0.15, -0.1) is 0 Å². The normalized spacial score (nSPS) is 14.3. The molecular formula is C20H27ClN3O5-. The molecule has 0 spiro atoms. The summed E-state index contributed by atoms with van der Waals surface area (Å²) >= 11 is 0. The first-order valence-electron chi connectivity index (χ1n) is 9.56. The zero-order valence-corrected chi connectivity index (χ0v) is 17.5. The van der Waals surface area contributed by atoms with E-state index < -0.39 is 11.5 Å². The standard InChI is InChI=1S/C20H27N3O5.ClH/c1-27-15-11-13-14(12-16(15)28-2)22-20(26)17(18(13)24)19(25)21-7-6-10-23-8-4-3-5-9-23;/h11-12H,3-10H2,1-2H3,(H,21,25)(H2,22,24,26);1H/p-1. The molecule has 160 valence electrons. The highest BCUT2D eigenvalue weighted by Gasteiger charge is 2.20. The number of pyridine rings is 1. The Morgan fingerprint density at radius 1 is 1.17 bits per heavy atom. The van der Waals surface area contributed by atoms with E-state index >= 15 is 0 Å². The number of carbonyl (C=O) groups is 1. The lowest BCUT2D eigenvalue weighted by Crippen LogP contribution is -3.00. The van der Waals surface area contributed by atoms with Gasteiger partial charge in [0.1, 0.15) is 11.3 Å². The predicted molar refractivity (Wildman–Crippen MR) is 107 cm³/mol. The molecular weight excluding hydrogens is 398 g/mol. The molecule has 1 aliphatic rings. The number of halogens is 1. The average molecular weight is 425 g/mol. The van der Waals surface area contributed by atoms with Crippen molar-refractivity contribution in [2.24, 2.45) is 0 Å². The van der Waals surface area contributed by atoms with Crippen molar-refractivity contribution in [3.63, 3.8) is 0 Å². The second-order valence-corrected chi connectivity index (χ2v) is 6.94. The maximum atomic E-state index is 12.5. The lowest BCUT2D eigenvalue weighted by molar-refractivity contribution is -0.0000162. The topological polar surface area (TPSA) is 104 Å². The number of aromatic nitrogens is 1. The molecule has 0 saturated carbocycles. The quantitative estimate of drug-likeness (QED) is 0.485. The Kier molecular flexibility index (Phi) is 8.16. The number of hydrogen-bond donors (Lipinski definition) is 3. The number of nitrogens with zero attached hydrogens (tertiary/aromatic N) is 1. The molecule has 1 saturated heterocycles. The number of amides is 1. The van der Waals surface area contributed by atoms with Crippen LogP contribution < -0.4 is 32.8 Å². The second-order valence-electron chi connectivity index (χ2n) is 6.94. The molecule has 1 aromatic carbocycles. The van der Waals surface area contributed by atoms with Crippen LogP contribution in [0.15, 0.2) is 16.9 Å². The van der Waals surface area contributed by atoms with Crippen molar-refractivity contribution in [1.29, 1.82) is 0 Å². The third-order valence-electron chi connectivity index (χ3n) is 5.10. The van der Waals surface area contributed by atoms with Crippen LogP contribution in [0.5, 0.6) is 17.2 Å². The maximum Gasteiger partial charge on any atom is 0.265 e. The van der Waals surface area contributed by atoms with E-state index in [1.165, 1.54) is 39.5 Å². The number of hydrogen-bond acceptors (Lipinski definition) is 6. The van der Waals surface area contributed by atoms with Gasteiger partial charge in [-0.3, -0.25) is 9.59 Å². The molecule has 3 rings (SSSR count). The summed E-state index contributed by atoms with van der Waals surface area (Å²) in [4.78, 5) is 29.9. The van der Waals surface area contributed by atoms with E-state index in [1.807, 2.05) is 0 Å². The predicted octanol–water partition coefficient (Wildman–Crippen LogP) is -1.14. The number of rotatable bonds is 7. The SMILES string of the molecule is COc1cc2[nH]c(=O)c(C(=O)NCCCN3CCCCC3)c(O)c2cc1OC.[Cl-]. The number of H-pyrrole nitrogens is 1. The molecule has 1 aliphatic heterocycles. The maximum absolute atomic E-state index is 12.5. The molecule has 2 heterocycles. The lowest BCUT2D eigenvalue weighted by Gasteiger charge is -2.26. The molecule has 9 heteroatoms. The van der Waals surface area contributed by atoms with Gasteiger partial charge in [-0.1, -0.05) is 6.42 Å². The van der Waals surface area contributed by atoms with Crippen molar-refractivity contribution in [2.75, 3.05) is 40.4 Å². The summed E-state index contributed by atoms with van der Waals surface area (Å²) in [6.07, 6.45) is 4.53. The van der Waals surface area contributed by atoms with Crippen molar-refractivity contribution in [3.8, 4) is 17.2 Å². The number of likely N-dealkylation sites (tertiary alicyclic amines) is 1. The minimum atomic E-state index is -0.647. The summed E-state index contributed by atoms with van der Waals surface area (Å²) in [5.74, 6) is -0.146. The number of aromatic hydroxyl groups is 1. The molecule has 0 bridgehead atoms. The van der Waals surface area contributed by atoms with E-state index in [4.69, 9.17) is 9.47 Å². The number of carbonyl (C=O) groups excluding carboxylic acids is 1. The highest BCUT2D eigenvalue weighted by atomic mass is 35.5. The summed E-state index contributed by atoms with van der Waals surface area (Å²) in [5, 5.41) is 13.6. The van der Waals surface area contributed by atoms with Crippen LogP contribution >= 0.6 is 0 Å². The number of fused-ring (bicyclic) bond motifs is 1. The van der Waals surface area contributed by atoms with E-state index in [-0.39, 0.29) is 23.7 Å². The van der Waals surface area contributed by atoms with Gasteiger partial charge in [0.15, 0.2) is 11.5 Å². The van der Waals surface area contributed by atoms with Crippen LogP contribution in [0.3, 0.4) is 0 Å². The van der Waals surface area contributed by atoms with Gasteiger partial charge < -0.3 is 42.2 Å². The van der Waals surface area contributed by atoms with Crippen molar-refractivity contribution in [1.82, 2.24) is 15.2 Å². The Morgan fingerprint density at radius 2 is 1.83 bits per heavy atom. The fourth-order valence-corrected chi connectivity index (χ4v) is 3.59. The largest absolute Gasteiger partial charge is 1.00 e. The Labute approximate surface area is 175 Å². The number of methoxy groups -OCH3 is 2. The molecule has 0 unspecified atom stereocenters. The minimum Gasteiger partial charge on any atom is -1.00 e. The number of nitrogens with one attached hydrogen (secondary N) is 2. The monoisotopic (exact) mass is 424 g/mol. The summed E-state index contributed by atoms with van der Waals surface area (Å²) in [5.41, 5.74) is -0.578. The molecule has 0 aliphatic carbocycles. The van der Waals surface area contributed by atoms with Gasteiger partial charge in [-0.05, 0) is 45.0 Å². The first-order chi connectivity index (χ1) is 13.5. The summed E-state index contributed by atoms with van der Waals surface area (Å²) in [6.45, 7) is 3.56. The average Bonchev–Trinajstić information content (AvgIpc) is 2.71. The first-order valence-corrected chi connectivity index (χ1v) is 9.56. The molecule has 0 radical (unpaired) electrons. The minimum absolute atomic E-state index is 0. The summed E-state index contributed by atoms with van der Waals surface area (Å²) < 4.78 is 10.4. The third kappa shape index (κ3) is 5.13. The van der Waals surface area contributed by atoms with Gasteiger partial charge in [0.25, 0.3) is 11.5 Å². The molecule has 8 nitrogen and oxygen atoms in total. The number of piperidine rings is 1. The zero-order valence-electron chi connectivity index (χ0n) is 16.7. The van der Waals surface area contributed by atoms with Gasteiger partial charge in [0, 0.05) is 18.0 Å². The van der Waals surface area contributed by atoms with Crippen LogP contribution in [-0.4, -0.2) is 61.3 Å². The Hall–Kier alpha value is -2.45. The van der Waals surface area contributed by atoms with Gasteiger partial charge >= 0.3 is 0 Å². The first kappa shape index (κ1) is 22.8. The smallest absolute Gasteiger partial charge is 0.265 e.